The van der Waals surface area contributed by atoms with Gasteiger partial charge in [-0.05, 0) is 137 Å². The highest BCUT2D eigenvalue weighted by molar-refractivity contribution is 7.00. The van der Waals surface area contributed by atoms with E-state index in [1.807, 2.05) is 0 Å². The molecule has 0 aromatic heterocycles. The summed E-state index contributed by atoms with van der Waals surface area (Å²) in [7, 11) is 0. The number of benzene rings is 7. The summed E-state index contributed by atoms with van der Waals surface area (Å²) >= 11 is 0. The average molecular weight is 744 g/mol. The SMILES string of the molecule is C1=CCCC(c2ccc3c(c2)N(c2cccc(-c4ccccc4)c2)c2cccc4c2B3c2ccc(N(C3=CCCC=C3)c3ccccc3)cc2N4c2ccccc2)=C1. The first-order chi connectivity index (χ1) is 28.8. The Hall–Kier alpha value is -7.04. The van der Waals surface area contributed by atoms with E-state index in [4.69, 9.17) is 0 Å². The van der Waals surface area contributed by atoms with Crippen molar-refractivity contribution in [2.45, 2.75) is 25.7 Å². The summed E-state index contributed by atoms with van der Waals surface area (Å²) in [5.74, 6) is 0. The van der Waals surface area contributed by atoms with Crippen LogP contribution in [0.1, 0.15) is 31.2 Å². The van der Waals surface area contributed by atoms with Crippen molar-refractivity contribution in [2.75, 3.05) is 14.7 Å². The fourth-order valence-electron chi connectivity index (χ4n) is 9.48. The van der Waals surface area contributed by atoms with E-state index in [1.165, 1.54) is 67.1 Å². The van der Waals surface area contributed by atoms with Crippen LogP contribution in [0.25, 0.3) is 16.7 Å². The molecular weight excluding hydrogens is 701 g/mol. The fraction of sp³-hybridized carbons (Fsp3) is 0.0741. The zero-order valence-electron chi connectivity index (χ0n) is 32.4. The molecule has 11 rings (SSSR count). The molecule has 0 saturated carbocycles. The van der Waals surface area contributed by atoms with Gasteiger partial charge in [0.25, 0.3) is 6.71 Å². The first-order valence-corrected chi connectivity index (χ1v) is 20.6. The van der Waals surface area contributed by atoms with Crippen molar-refractivity contribution in [1.82, 2.24) is 0 Å². The molecule has 2 heterocycles. The molecule has 2 aliphatic carbocycles. The van der Waals surface area contributed by atoms with E-state index in [9.17, 15) is 0 Å². The van der Waals surface area contributed by atoms with Crippen LogP contribution in [0.15, 0.2) is 212 Å². The topological polar surface area (TPSA) is 9.72 Å². The van der Waals surface area contributed by atoms with Crippen LogP contribution >= 0.6 is 0 Å². The molecular formula is C54H42BN3. The highest BCUT2D eigenvalue weighted by Crippen LogP contribution is 2.46. The van der Waals surface area contributed by atoms with E-state index in [1.54, 1.807) is 0 Å². The third-order valence-electron chi connectivity index (χ3n) is 12.1. The average Bonchev–Trinajstić information content (AvgIpc) is 3.30. The summed E-state index contributed by atoms with van der Waals surface area (Å²) in [5, 5.41) is 0. The molecule has 0 radical (unpaired) electrons. The second-order valence-corrected chi connectivity index (χ2v) is 15.5. The van der Waals surface area contributed by atoms with E-state index in [0.717, 1.165) is 48.4 Å². The van der Waals surface area contributed by atoms with Crippen molar-refractivity contribution < 1.29 is 0 Å². The molecule has 276 valence electrons. The molecule has 4 aliphatic rings. The zero-order chi connectivity index (χ0) is 38.4. The van der Waals surface area contributed by atoms with Gasteiger partial charge in [0.05, 0.1) is 0 Å². The molecule has 0 amide bonds. The Labute approximate surface area is 341 Å². The van der Waals surface area contributed by atoms with Gasteiger partial charge in [0, 0.05) is 51.2 Å². The van der Waals surface area contributed by atoms with Gasteiger partial charge in [-0.2, -0.15) is 0 Å². The quantitative estimate of drug-likeness (QED) is 0.151. The van der Waals surface area contributed by atoms with Gasteiger partial charge in [-0.25, -0.2) is 0 Å². The predicted molar refractivity (Wildman–Crippen MR) is 247 cm³/mol. The first-order valence-electron chi connectivity index (χ1n) is 20.6. The van der Waals surface area contributed by atoms with E-state index in [2.05, 4.69) is 221 Å². The highest BCUT2D eigenvalue weighted by Gasteiger charge is 2.43. The van der Waals surface area contributed by atoms with Crippen molar-refractivity contribution >= 4 is 74.2 Å². The van der Waals surface area contributed by atoms with Gasteiger partial charge in [0.15, 0.2) is 0 Å². The first kappa shape index (κ1) is 34.2. The van der Waals surface area contributed by atoms with E-state index in [-0.39, 0.29) is 6.71 Å². The van der Waals surface area contributed by atoms with Crippen molar-refractivity contribution in [3.05, 3.63) is 218 Å². The summed E-state index contributed by atoms with van der Waals surface area (Å²) in [6.45, 7) is 0.0343. The van der Waals surface area contributed by atoms with Gasteiger partial charge >= 0.3 is 0 Å². The van der Waals surface area contributed by atoms with Crippen molar-refractivity contribution in [3.8, 4) is 11.1 Å². The summed E-state index contributed by atoms with van der Waals surface area (Å²) in [5.41, 5.74) is 19.7. The lowest BCUT2D eigenvalue weighted by molar-refractivity contribution is 0.997. The number of para-hydroxylation sites is 2. The highest BCUT2D eigenvalue weighted by atomic mass is 15.2. The molecule has 0 bridgehead atoms. The maximum atomic E-state index is 2.53. The Morgan fingerprint density at radius 3 is 1.88 bits per heavy atom. The predicted octanol–water partition coefficient (Wildman–Crippen LogP) is 12.5. The summed E-state index contributed by atoms with van der Waals surface area (Å²) in [6, 6.07) is 62.9. The molecule has 2 aliphatic heterocycles. The minimum Gasteiger partial charge on any atom is -0.311 e. The maximum Gasteiger partial charge on any atom is 0.252 e. The van der Waals surface area contributed by atoms with Crippen LogP contribution in [0.3, 0.4) is 0 Å². The molecule has 58 heavy (non-hydrogen) atoms. The number of allylic oxidation sites excluding steroid dienone is 7. The van der Waals surface area contributed by atoms with Crippen LogP contribution in [0.2, 0.25) is 0 Å². The number of fused-ring (bicyclic) bond motifs is 4. The largest absolute Gasteiger partial charge is 0.311 e. The Morgan fingerprint density at radius 1 is 0.466 bits per heavy atom. The Kier molecular flexibility index (Phi) is 8.54. The van der Waals surface area contributed by atoms with Crippen molar-refractivity contribution in [2.24, 2.45) is 0 Å². The lowest BCUT2D eigenvalue weighted by Gasteiger charge is -2.44. The molecule has 0 N–H and O–H groups in total. The number of nitrogens with zero attached hydrogens (tertiary/aromatic N) is 3. The summed E-state index contributed by atoms with van der Waals surface area (Å²) < 4.78 is 0. The molecule has 0 atom stereocenters. The molecule has 3 nitrogen and oxygen atoms in total. The Balaban J connectivity index is 1.16. The lowest BCUT2D eigenvalue weighted by Crippen LogP contribution is -2.61. The van der Waals surface area contributed by atoms with Crippen LogP contribution in [-0.2, 0) is 0 Å². The van der Waals surface area contributed by atoms with Gasteiger partial charge in [0.1, 0.15) is 0 Å². The van der Waals surface area contributed by atoms with Crippen LogP contribution in [0, 0.1) is 0 Å². The van der Waals surface area contributed by atoms with E-state index in [0.29, 0.717) is 0 Å². The van der Waals surface area contributed by atoms with Gasteiger partial charge in [-0.1, -0.05) is 134 Å². The second-order valence-electron chi connectivity index (χ2n) is 15.5. The van der Waals surface area contributed by atoms with Gasteiger partial charge < -0.3 is 14.7 Å². The number of rotatable bonds is 7. The lowest BCUT2D eigenvalue weighted by atomic mass is 9.33. The smallest absolute Gasteiger partial charge is 0.252 e. The standard InChI is InChI=1S/C54H42BN3/c1-6-18-39(19-7-1)41-22-16-29-46(36-41)58-51-31-17-30-50-54(51)55(48-34-32-42(37-52(48)58)40-20-8-2-9-21-40)49-35-33-47(38-53(49)57(50)45-27-14-5-15-28-45)56(43-23-10-3-11-24-43)44-25-12-4-13-26-44/h1-3,5-8,10-12,14-20,22-38H,4,9,13,21H2. The van der Waals surface area contributed by atoms with Crippen LogP contribution in [0.5, 0.6) is 0 Å². The second kappa shape index (κ2) is 14.5. The molecule has 7 aromatic carbocycles. The van der Waals surface area contributed by atoms with Crippen molar-refractivity contribution in [3.63, 3.8) is 0 Å². The molecule has 7 aromatic rings. The Bertz CT molecular complexity index is 2800. The fourth-order valence-corrected chi connectivity index (χ4v) is 9.48. The van der Waals surface area contributed by atoms with Crippen LogP contribution in [-0.4, -0.2) is 6.71 Å². The van der Waals surface area contributed by atoms with E-state index >= 15 is 0 Å². The third kappa shape index (κ3) is 5.83. The minimum atomic E-state index is 0.0343. The van der Waals surface area contributed by atoms with E-state index < -0.39 is 0 Å². The van der Waals surface area contributed by atoms with Crippen LogP contribution in [0.4, 0.5) is 45.5 Å². The maximum absolute atomic E-state index is 2.53. The third-order valence-corrected chi connectivity index (χ3v) is 12.1. The number of anilines is 8. The van der Waals surface area contributed by atoms with Gasteiger partial charge in [-0.3, -0.25) is 0 Å². The molecule has 0 spiro atoms. The number of hydrogen-bond donors (Lipinski definition) is 0. The number of hydrogen-bond acceptors (Lipinski definition) is 3. The van der Waals surface area contributed by atoms with Crippen molar-refractivity contribution in [1.29, 1.82) is 0 Å². The molecule has 0 saturated heterocycles. The zero-order valence-corrected chi connectivity index (χ0v) is 32.4. The normalized spacial score (nSPS) is 14.9. The summed E-state index contributed by atoms with van der Waals surface area (Å²) in [6.07, 6.45) is 17.9. The Morgan fingerprint density at radius 2 is 1.14 bits per heavy atom. The molecule has 0 fully saturated rings. The summed E-state index contributed by atoms with van der Waals surface area (Å²) in [4.78, 5) is 7.45. The van der Waals surface area contributed by atoms with Crippen LogP contribution < -0.4 is 31.1 Å². The van der Waals surface area contributed by atoms with Gasteiger partial charge in [-0.15, -0.1) is 0 Å². The monoisotopic (exact) mass is 743 g/mol. The molecule has 0 unspecified atom stereocenters. The molecule has 4 heteroatoms. The minimum absolute atomic E-state index is 0.0343. The van der Waals surface area contributed by atoms with Gasteiger partial charge in [0.2, 0.25) is 0 Å².